The molecule has 0 bridgehead atoms. The van der Waals surface area contributed by atoms with Crippen LogP contribution >= 0.6 is 11.8 Å². The number of nitrogens with zero attached hydrogens (tertiary/aromatic N) is 4. The fourth-order valence-corrected chi connectivity index (χ4v) is 4.78. The molecule has 0 saturated carbocycles. The fraction of sp³-hybridized carbons (Fsp3) is 0.154. The van der Waals surface area contributed by atoms with Gasteiger partial charge in [0.25, 0.3) is 5.56 Å². The minimum atomic E-state index is -0.0708. The summed E-state index contributed by atoms with van der Waals surface area (Å²) in [5.74, 6) is 0.748. The Kier molecular flexibility index (Phi) is 5.79. The van der Waals surface area contributed by atoms with Gasteiger partial charge in [0.1, 0.15) is 0 Å². The molecule has 5 rings (SSSR count). The predicted molar refractivity (Wildman–Crippen MR) is 132 cm³/mol. The molecule has 0 aliphatic carbocycles. The first-order valence-corrected chi connectivity index (χ1v) is 11.8. The number of ketones is 1. The maximum absolute atomic E-state index is 12.9. The van der Waals surface area contributed by atoms with E-state index >= 15 is 0 Å². The van der Waals surface area contributed by atoms with Crippen LogP contribution in [0.25, 0.3) is 27.8 Å². The Hall–Kier alpha value is -3.71. The molecular weight excluding hydrogens is 432 g/mol. The molecule has 2 aromatic heterocycles. The van der Waals surface area contributed by atoms with Gasteiger partial charge in [0, 0.05) is 12.1 Å². The average molecular weight is 455 g/mol. The highest BCUT2D eigenvalue weighted by Gasteiger charge is 2.17. The first-order valence-electron chi connectivity index (χ1n) is 10.9. The van der Waals surface area contributed by atoms with Crippen LogP contribution in [0.4, 0.5) is 0 Å². The fourth-order valence-electron chi connectivity index (χ4n) is 3.94. The molecule has 0 saturated heterocycles. The number of aromatic nitrogens is 4. The quantitative estimate of drug-likeness (QED) is 0.253. The third-order valence-electron chi connectivity index (χ3n) is 5.57. The van der Waals surface area contributed by atoms with Crippen molar-refractivity contribution in [1.29, 1.82) is 0 Å². The summed E-state index contributed by atoms with van der Waals surface area (Å²) in [5.41, 5.74) is 3.52. The van der Waals surface area contributed by atoms with Crippen molar-refractivity contribution in [2.45, 2.75) is 25.0 Å². The Morgan fingerprint density at radius 1 is 0.879 bits per heavy atom. The van der Waals surface area contributed by atoms with Crippen molar-refractivity contribution in [2.75, 3.05) is 5.75 Å². The second-order valence-corrected chi connectivity index (χ2v) is 8.69. The summed E-state index contributed by atoms with van der Waals surface area (Å²) in [4.78, 5) is 25.8. The van der Waals surface area contributed by atoms with Gasteiger partial charge in [0.05, 0.1) is 16.7 Å². The number of Topliss-reactive ketones (excluding diaryl/α,β-unsaturated/α-hetero) is 1. The minimum absolute atomic E-state index is 0.0162. The van der Waals surface area contributed by atoms with Crippen LogP contribution in [0.1, 0.15) is 23.7 Å². The summed E-state index contributed by atoms with van der Waals surface area (Å²) in [6.07, 6.45) is 0.806. The molecule has 33 heavy (non-hydrogen) atoms. The highest BCUT2D eigenvalue weighted by atomic mass is 32.2. The van der Waals surface area contributed by atoms with E-state index in [9.17, 15) is 9.59 Å². The van der Waals surface area contributed by atoms with Crippen LogP contribution in [0.5, 0.6) is 0 Å². The van der Waals surface area contributed by atoms with Crippen molar-refractivity contribution in [1.82, 2.24) is 19.2 Å². The normalized spacial score (nSPS) is 11.3. The van der Waals surface area contributed by atoms with Gasteiger partial charge in [0.2, 0.25) is 5.78 Å². The molecule has 0 atom stereocenters. The maximum Gasteiger partial charge on any atom is 0.262 e. The Morgan fingerprint density at radius 3 is 2.33 bits per heavy atom. The van der Waals surface area contributed by atoms with Crippen molar-refractivity contribution >= 4 is 34.2 Å². The third kappa shape index (κ3) is 3.96. The lowest BCUT2D eigenvalue weighted by atomic mass is 10.0. The minimum Gasteiger partial charge on any atom is -0.293 e. The van der Waals surface area contributed by atoms with Crippen molar-refractivity contribution in [2.24, 2.45) is 0 Å². The molecule has 0 unspecified atom stereocenters. The molecule has 3 aromatic carbocycles. The molecule has 0 aliphatic heterocycles. The van der Waals surface area contributed by atoms with Crippen LogP contribution < -0.4 is 5.56 Å². The Bertz CT molecular complexity index is 1510. The molecular formula is C26H22N4O2S. The SMILES string of the molecule is CCCn1c(=O)c2ccccc2n2c(SCC(=O)c3ccc(-c4ccccc4)cc3)nnc12. The molecule has 7 heteroatoms. The van der Waals surface area contributed by atoms with Crippen LogP contribution in [-0.2, 0) is 6.54 Å². The maximum atomic E-state index is 12.9. The molecule has 0 N–H and O–H groups in total. The smallest absolute Gasteiger partial charge is 0.262 e. The van der Waals surface area contributed by atoms with Gasteiger partial charge in [-0.25, -0.2) is 0 Å². The second-order valence-electron chi connectivity index (χ2n) is 7.75. The van der Waals surface area contributed by atoms with E-state index in [1.165, 1.54) is 11.8 Å². The van der Waals surface area contributed by atoms with E-state index in [-0.39, 0.29) is 17.1 Å². The van der Waals surface area contributed by atoms with Crippen LogP contribution in [0, 0.1) is 0 Å². The molecule has 0 fully saturated rings. The van der Waals surface area contributed by atoms with Crippen LogP contribution in [0.2, 0.25) is 0 Å². The van der Waals surface area contributed by atoms with E-state index < -0.39 is 0 Å². The number of hydrogen-bond donors (Lipinski definition) is 0. The molecule has 5 aromatic rings. The number of hydrogen-bond acceptors (Lipinski definition) is 5. The number of benzene rings is 3. The lowest BCUT2D eigenvalue weighted by Crippen LogP contribution is -2.23. The summed E-state index contributed by atoms with van der Waals surface area (Å²) < 4.78 is 3.53. The summed E-state index contributed by atoms with van der Waals surface area (Å²) >= 11 is 1.33. The number of aryl methyl sites for hydroxylation is 1. The molecule has 0 radical (unpaired) electrons. The Morgan fingerprint density at radius 2 is 1.58 bits per heavy atom. The van der Waals surface area contributed by atoms with Gasteiger partial charge in [0.15, 0.2) is 10.9 Å². The van der Waals surface area contributed by atoms with Gasteiger partial charge in [-0.1, -0.05) is 85.4 Å². The van der Waals surface area contributed by atoms with Gasteiger partial charge < -0.3 is 0 Å². The number of carbonyl (C=O) groups is 1. The van der Waals surface area contributed by atoms with Crippen molar-refractivity contribution in [3.63, 3.8) is 0 Å². The monoisotopic (exact) mass is 454 g/mol. The molecule has 0 amide bonds. The van der Waals surface area contributed by atoms with E-state index in [0.717, 1.165) is 23.1 Å². The van der Waals surface area contributed by atoms with E-state index in [2.05, 4.69) is 10.2 Å². The molecule has 2 heterocycles. The molecule has 6 nitrogen and oxygen atoms in total. The van der Waals surface area contributed by atoms with Gasteiger partial charge >= 0.3 is 0 Å². The molecule has 0 aliphatic rings. The predicted octanol–water partition coefficient (Wildman–Crippen LogP) is 5.10. The summed E-state index contributed by atoms with van der Waals surface area (Å²) in [7, 11) is 0. The number of para-hydroxylation sites is 1. The second kappa shape index (κ2) is 9.03. The van der Waals surface area contributed by atoms with Gasteiger partial charge in [-0.2, -0.15) is 0 Å². The van der Waals surface area contributed by atoms with Crippen LogP contribution in [-0.4, -0.2) is 30.7 Å². The number of fused-ring (bicyclic) bond motifs is 3. The largest absolute Gasteiger partial charge is 0.293 e. The average Bonchev–Trinajstić information content (AvgIpc) is 3.30. The zero-order chi connectivity index (χ0) is 22.8. The molecule has 164 valence electrons. The summed E-state index contributed by atoms with van der Waals surface area (Å²) in [6, 6.07) is 25.2. The van der Waals surface area contributed by atoms with Crippen molar-refractivity contribution in [3.8, 4) is 11.1 Å². The van der Waals surface area contributed by atoms with Crippen LogP contribution in [0.15, 0.2) is 88.8 Å². The number of carbonyl (C=O) groups excluding carboxylic acids is 1. The van der Waals surface area contributed by atoms with Gasteiger partial charge in [-0.15, -0.1) is 10.2 Å². The van der Waals surface area contributed by atoms with E-state index in [1.807, 2.05) is 90.2 Å². The van der Waals surface area contributed by atoms with E-state index in [4.69, 9.17) is 0 Å². The van der Waals surface area contributed by atoms with Crippen molar-refractivity contribution in [3.05, 3.63) is 94.8 Å². The zero-order valence-electron chi connectivity index (χ0n) is 18.1. The summed E-state index contributed by atoms with van der Waals surface area (Å²) in [6.45, 7) is 2.58. The van der Waals surface area contributed by atoms with Crippen molar-refractivity contribution < 1.29 is 4.79 Å². The third-order valence-corrected chi connectivity index (χ3v) is 6.50. The number of thioether (sulfide) groups is 1. The Balaban J connectivity index is 1.43. The topological polar surface area (TPSA) is 69.3 Å². The highest BCUT2D eigenvalue weighted by Crippen LogP contribution is 2.24. The van der Waals surface area contributed by atoms with Gasteiger partial charge in [-0.3, -0.25) is 18.6 Å². The zero-order valence-corrected chi connectivity index (χ0v) is 19.0. The van der Waals surface area contributed by atoms with Crippen LogP contribution in [0.3, 0.4) is 0 Å². The first-order chi connectivity index (χ1) is 16.2. The Labute approximate surface area is 194 Å². The van der Waals surface area contributed by atoms with Gasteiger partial charge in [-0.05, 0) is 29.7 Å². The lowest BCUT2D eigenvalue weighted by molar-refractivity contribution is 0.102. The highest BCUT2D eigenvalue weighted by molar-refractivity contribution is 7.99. The first kappa shape index (κ1) is 21.2. The van der Waals surface area contributed by atoms with E-state index in [1.54, 1.807) is 4.57 Å². The molecule has 0 spiro atoms. The lowest BCUT2D eigenvalue weighted by Gasteiger charge is -2.10. The summed E-state index contributed by atoms with van der Waals surface area (Å²) in [5, 5.41) is 9.81. The standard InChI is InChI=1S/C26H22N4O2S/c1-2-16-29-24(32)21-10-6-7-11-22(21)30-25(29)27-28-26(30)33-17-23(31)20-14-12-19(13-15-20)18-8-4-3-5-9-18/h3-15H,2,16-17H2,1H3. The number of rotatable bonds is 7. The van der Waals surface area contributed by atoms with E-state index in [0.29, 0.717) is 28.4 Å².